The molecule has 0 aliphatic heterocycles. The topological polar surface area (TPSA) is 137 Å². The number of aromatic hydroxyl groups is 3. The van der Waals surface area contributed by atoms with Crippen molar-refractivity contribution in [2.75, 3.05) is 6.54 Å². The van der Waals surface area contributed by atoms with Crippen LogP contribution in [0, 0.1) is 0 Å². The van der Waals surface area contributed by atoms with E-state index in [0.717, 1.165) is 16.5 Å². The van der Waals surface area contributed by atoms with Crippen LogP contribution in [0.4, 0.5) is 0 Å². The van der Waals surface area contributed by atoms with Gasteiger partial charge in [0.05, 0.1) is 11.1 Å². The SMILES string of the molecule is O=C(C[C@@H](c1ccc2ncccc2c1)c1c(O)nc2ccccn2c1=O)NCCc1ccc(O)c(O)c1. The molecule has 0 aliphatic rings. The summed E-state index contributed by atoms with van der Waals surface area (Å²) in [6, 6.07) is 18.7. The Bertz CT molecular complexity index is 1680. The number of hydrogen-bond acceptors (Lipinski definition) is 7. The van der Waals surface area contributed by atoms with Crippen molar-refractivity contribution in [3.63, 3.8) is 0 Å². The molecule has 1 amide bonds. The molecule has 1 atom stereocenters. The zero-order valence-electron chi connectivity index (χ0n) is 19.7. The van der Waals surface area contributed by atoms with E-state index in [2.05, 4.69) is 15.3 Å². The standard InChI is InChI=1S/C28H24N4O5/c33-22-9-6-17(14-23(22)34)10-12-30-25(35)16-20(18-7-8-21-19(15-18)4-3-11-29-21)26-27(36)31-24-5-1-2-13-32(24)28(26)37/h1-9,11,13-15,20,33-34,36H,10,12,16H2,(H,30,35)/t20-/m0/s1. The Kier molecular flexibility index (Phi) is 6.42. The molecule has 0 spiro atoms. The van der Waals surface area contributed by atoms with Crippen LogP contribution in [-0.4, -0.2) is 42.1 Å². The maximum absolute atomic E-state index is 13.4. The summed E-state index contributed by atoms with van der Waals surface area (Å²) in [4.78, 5) is 35.0. The average Bonchev–Trinajstić information content (AvgIpc) is 2.90. The molecule has 0 fully saturated rings. The molecular formula is C28H24N4O5. The molecule has 0 saturated carbocycles. The highest BCUT2D eigenvalue weighted by molar-refractivity contribution is 5.81. The number of phenolic OH excluding ortho intramolecular Hbond substituents is 2. The van der Waals surface area contributed by atoms with E-state index in [0.29, 0.717) is 17.6 Å². The molecule has 5 rings (SSSR count). The Labute approximate surface area is 211 Å². The largest absolute Gasteiger partial charge is 0.504 e. The zero-order chi connectivity index (χ0) is 25.9. The lowest BCUT2D eigenvalue weighted by Gasteiger charge is -2.19. The third-order valence-electron chi connectivity index (χ3n) is 6.29. The first-order chi connectivity index (χ1) is 17.9. The fourth-order valence-electron chi connectivity index (χ4n) is 4.42. The van der Waals surface area contributed by atoms with Crippen LogP contribution in [0.1, 0.15) is 29.0 Å². The van der Waals surface area contributed by atoms with Gasteiger partial charge in [0.2, 0.25) is 11.8 Å². The number of rotatable bonds is 7. The number of aromatic nitrogens is 3. The summed E-state index contributed by atoms with van der Waals surface area (Å²) in [5, 5.41) is 33.6. The van der Waals surface area contributed by atoms with Gasteiger partial charge in [-0.1, -0.05) is 24.3 Å². The van der Waals surface area contributed by atoms with E-state index in [9.17, 15) is 24.9 Å². The minimum absolute atomic E-state index is 0.0329. The summed E-state index contributed by atoms with van der Waals surface area (Å²) in [5.74, 6) is -1.94. The Balaban J connectivity index is 1.46. The van der Waals surface area contributed by atoms with Crippen molar-refractivity contribution in [3.8, 4) is 17.4 Å². The molecule has 0 aliphatic carbocycles. The molecule has 9 nitrogen and oxygen atoms in total. The molecule has 3 heterocycles. The third kappa shape index (κ3) is 4.92. The van der Waals surface area contributed by atoms with Crippen LogP contribution in [0.5, 0.6) is 17.4 Å². The molecular weight excluding hydrogens is 472 g/mol. The minimum Gasteiger partial charge on any atom is -0.504 e. The fourth-order valence-corrected chi connectivity index (χ4v) is 4.42. The maximum Gasteiger partial charge on any atom is 0.265 e. The van der Waals surface area contributed by atoms with Crippen LogP contribution in [0.15, 0.2) is 83.9 Å². The second-order valence-electron chi connectivity index (χ2n) is 8.72. The summed E-state index contributed by atoms with van der Waals surface area (Å²) < 4.78 is 1.35. The number of fused-ring (bicyclic) bond motifs is 2. The molecule has 37 heavy (non-hydrogen) atoms. The lowest BCUT2D eigenvalue weighted by molar-refractivity contribution is -0.121. The van der Waals surface area contributed by atoms with Crippen LogP contribution >= 0.6 is 0 Å². The van der Waals surface area contributed by atoms with Gasteiger partial charge < -0.3 is 20.6 Å². The first-order valence-electron chi connectivity index (χ1n) is 11.7. The van der Waals surface area contributed by atoms with Gasteiger partial charge in [0.15, 0.2) is 11.5 Å². The maximum atomic E-state index is 13.4. The molecule has 3 aromatic heterocycles. The molecule has 2 aromatic carbocycles. The number of pyridine rings is 2. The Morgan fingerprint density at radius 2 is 1.84 bits per heavy atom. The van der Waals surface area contributed by atoms with Gasteiger partial charge in [-0.05, 0) is 60.0 Å². The summed E-state index contributed by atoms with van der Waals surface area (Å²) in [5.41, 5.74) is 2.06. The van der Waals surface area contributed by atoms with E-state index in [1.807, 2.05) is 18.2 Å². The smallest absolute Gasteiger partial charge is 0.265 e. The van der Waals surface area contributed by atoms with E-state index < -0.39 is 17.4 Å². The molecule has 0 radical (unpaired) electrons. The van der Waals surface area contributed by atoms with Gasteiger partial charge in [-0.25, -0.2) is 0 Å². The molecule has 4 N–H and O–H groups in total. The molecule has 186 valence electrons. The van der Waals surface area contributed by atoms with Crippen molar-refractivity contribution in [1.29, 1.82) is 0 Å². The Morgan fingerprint density at radius 1 is 0.973 bits per heavy atom. The van der Waals surface area contributed by atoms with E-state index in [-0.39, 0.29) is 35.9 Å². The molecule has 0 bridgehead atoms. The monoisotopic (exact) mass is 496 g/mol. The summed E-state index contributed by atoms with van der Waals surface area (Å²) in [6.45, 7) is 0.276. The molecule has 0 unspecified atom stereocenters. The van der Waals surface area contributed by atoms with Gasteiger partial charge in [-0.3, -0.25) is 19.0 Å². The van der Waals surface area contributed by atoms with Gasteiger partial charge in [-0.2, -0.15) is 4.98 Å². The number of benzene rings is 2. The number of carbonyl (C=O) groups excluding carboxylic acids is 1. The number of phenols is 2. The average molecular weight is 497 g/mol. The van der Waals surface area contributed by atoms with E-state index >= 15 is 0 Å². The number of carbonyl (C=O) groups is 1. The van der Waals surface area contributed by atoms with Gasteiger partial charge in [-0.15, -0.1) is 0 Å². The first kappa shape index (κ1) is 23.8. The molecule has 5 aromatic rings. The second-order valence-corrected chi connectivity index (χ2v) is 8.72. The lowest BCUT2D eigenvalue weighted by atomic mass is 9.88. The Hall–Kier alpha value is -4.92. The van der Waals surface area contributed by atoms with E-state index in [1.165, 1.54) is 16.5 Å². The number of amides is 1. The first-order valence-corrected chi connectivity index (χ1v) is 11.7. The van der Waals surface area contributed by atoms with Crippen molar-refractivity contribution >= 4 is 22.5 Å². The summed E-state index contributed by atoms with van der Waals surface area (Å²) in [6.07, 6.45) is 3.58. The second kappa shape index (κ2) is 9.98. The fraction of sp³-hybridized carbons (Fsp3) is 0.143. The highest BCUT2D eigenvalue weighted by Crippen LogP contribution is 2.32. The van der Waals surface area contributed by atoms with Crippen LogP contribution in [0.3, 0.4) is 0 Å². The molecule has 0 saturated heterocycles. The number of nitrogens with one attached hydrogen (secondary N) is 1. The minimum atomic E-state index is -0.764. The summed E-state index contributed by atoms with van der Waals surface area (Å²) in [7, 11) is 0. The van der Waals surface area contributed by atoms with Crippen molar-refractivity contribution in [1.82, 2.24) is 19.7 Å². The van der Waals surface area contributed by atoms with Gasteiger partial charge in [0.1, 0.15) is 5.65 Å². The van der Waals surface area contributed by atoms with Crippen molar-refractivity contribution in [2.45, 2.75) is 18.8 Å². The van der Waals surface area contributed by atoms with Crippen LogP contribution in [0.2, 0.25) is 0 Å². The number of hydrogen-bond donors (Lipinski definition) is 4. The van der Waals surface area contributed by atoms with Gasteiger partial charge >= 0.3 is 0 Å². The van der Waals surface area contributed by atoms with Gasteiger partial charge in [0, 0.05) is 36.7 Å². The van der Waals surface area contributed by atoms with Gasteiger partial charge in [0.25, 0.3) is 5.56 Å². The summed E-state index contributed by atoms with van der Waals surface area (Å²) >= 11 is 0. The van der Waals surface area contributed by atoms with Crippen molar-refractivity contribution in [3.05, 3.63) is 106 Å². The van der Waals surface area contributed by atoms with E-state index in [1.54, 1.807) is 48.8 Å². The highest BCUT2D eigenvalue weighted by atomic mass is 16.3. The van der Waals surface area contributed by atoms with Crippen LogP contribution < -0.4 is 10.9 Å². The Morgan fingerprint density at radius 3 is 2.68 bits per heavy atom. The van der Waals surface area contributed by atoms with Crippen LogP contribution in [-0.2, 0) is 11.2 Å². The normalized spacial score (nSPS) is 12.0. The molecule has 9 heteroatoms. The number of nitrogens with zero attached hydrogens (tertiary/aromatic N) is 3. The predicted octanol–water partition coefficient (Wildman–Crippen LogP) is 3.24. The van der Waals surface area contributed by atoms with E-state index in [4.69, 9.17) is 0 Å². The van der Waals surface area contributed by atoms with Crippen LogP contribution in [0.25, 0.3) is 16.6 Å². The lowest BCUT2D eigenvalue weighted by Crippen LogP contribution is -2.30. The quantitative estimate of drug-likeness (QED) is 0.254. The third-order valence-corrected chi connectivity index (χ3v) is 6.29. The highest BCUT2D eigenvalue weighted by Gasteiger charge is 2.26. The van der Waals surface area contributed by atoms with Crippen molar-refractivity contribution in [2.24, 2.45) is 0 Å². The zero-order valence-corrected chi connectivity index (χ0v) is 19.7. The van der Waals surface area contributed by atoms with Crippen molar-refractivity contribution < 1.29 is 20.1 Å². The predicted molar refractivity (Wildman–Crippen MR) is 138 cm³/mol.